The number of fused-ring (bicyclic) bond motifs is 1. The Morgan fingerprint density at radius 1 is 1.11 bits per heavy atom. The Kier molecular flexibility index (Phi) is 4.02. The van der Waals surface area contributed by atoms with Crippen LogP contribution in [0.5, 0.6) is 0 Å². The Morgan fingerprint density at radius 3 is 2.17 bits per heavy atom. The number of imide groups is 1. The highest BCUT2D eigenvalue weighted by Crippen LogP contribution is 2.37. The van der Waals surface area contributed by atoms with Gasteiger partial charge < -0.3 is 16.3 Å². The molecular formula is C6H7Cl2N5O5. The average molecular weight is 300 g/mol. The molecule has 7 N–H and O–H groups in total. The van der Waals surface area contributed by atoms with Crippen LogP contribution in [0.4, 0.5) is 9.59 Å². The summed E-state index contributed by atoms with van der Waals surface area (Å²) in [4.78, 5) is 34.6. The summed E-state index contributed by atoms with van der Waals surface area (Å²) in [5.74, 6) is -1.12. The van der Waals surface area contributed by atoms with Gasteiger partial charge in [0, 0.05) is 0 Å². The van der Waals surface area contributed by atoms with Gasteiger partial charge in [-0.05, 0) is 0 Å². The van der Waals surface area contributed by atoms with E-state index in [4.69, 9.17) is 29.8 Å². The van der Waals surface area contributed by atoms with Crippen LogP contribution in [0.25, 0.3) is 4.95 Å². The number of hydrogen-bond acceptors (Lipinski definition) is 3. The molecule has 0 saturated carbocycles. The first-order chi connectivity index (χ1) is 7.34. The maximum Gasteiger partial charge on any atom is 0.395 e. The smallest absolute Gasteiger partial charge is 0.395 e. The standard InChI is InChI=1S/C6H3Cl2N5O3.2H2O/c1-9-13-2(14)5(7)6(8,12-4(13)16)11-3(15)10-5;;/h(H,12,16)(H2,10,11,15);2*1H2. The Balaban J connectivity index is 0.00000144. The normalized spacial score (nSPS) is 32.9. The number of halogens is 2. The molecule has 2 atom stereocenters. The molecule has 18 heavy (non-hydrogen) atoms. The van der Waals surface area contributed by atoms with Gasteiger partial charge in [0.1, 0.15) is 0 Å². The van der Waals surface area contributed by atoms with Crippen LogP contribution in [-0.2, 0) is 4.79 Å². The second-order valence-corrected chi connectivity index (χ2v) is 4.18. The summed E-state index contributed by atoms with van der Waals surface area (Å²) < 4.78 is 0. The van der Waals surface area contributed by atoms with Crippen molar-refractivity contribution in [3.63, 3.8) is 0 Å². The zero-order valence-electron chi connectivity index (χ0n) is 8.38. The molecule has 12 heteroatoms. The van der Waals surface area contributed by atoms with Crippen molar-refractivity contribution in [3.05, 3.63) is 11.5 Å². The minimum absolute atomic E-state index is 0. The third kappa shape index (κ3) is 1.70. The average Bonchev–Trinajstić information content (AvgIpc) is 2.37. The van der Waals surface area contributed by atoms with Gasteiger partial charge in [-0.15, -0.1) is 4.95 Å². The van der Waals surface area contributed by atoms with E-state index in [1.807, 2.05) is 10.6 Å². The first-order valence-electron chi connectivity index (χ1n) is 3.86. The van der Waals surface area contributed by atoms with E-state index in [2.05, 4.69) is 10.3 Å². The summed E-state index contributed by atoms with van der Waals surface area (Å²) in [5, 5.41) is 4.34. The molecule has 5 amide bonds. The van der Waals surface area contributed by atoms with E-state index >= 15 is 0 Å². The lowest BCUT2D eigenvalue weighted by Gasteiger charge is -2.37. The van der Waals surface area contributed by atoms with Crippen molar-refractivity contribution in [2.75, 3.05) is 0 Å². The van der Waals surface area contributed by atoms with Crippen molar-refractivity contribution in [3.8, 4) is 0 Å². The molecular weight excluding hydrogens is 293 g/mol. The van der Waals surface area contributed by atoms with E-state index < -0.39 is 28.1 Å². The SMILES string of the molecule is O.O.[C-]#[N+]N1C(=O)NC2(Cl)NC(=O)NC2(Cl)C1=O. The number of urea groups is 2. The molecule has 0 bridgehead atoms. The van der Waals surface area contributed by atoms with Crippen molar-refractivity contribution >= 4 is 41.2 Å². The third-order valence-corrected chi connectivity index (χ3v) is 3.21. The van der Waals surface area contributed by atoms with Gasteiger partial charge >= 0.3 is 18.0 Å². The van der Waals surface area contributed by atoms with Crippen molar-refractivity contribution < 1.29 is 25.3 Å². The van der Waals surface area contributed by atoms with Crippen LogP contribution < -0.4 is 16.0 Å². The molecule has 0 spiro atoms. The summed E-state index contributed by atoms with van der Waals surface area (Å²) in [6.07, 6.45) is 0. The Bertz CT molecular complexity index is 466. The Labute approximate surface area is 110 Å². The van der Waals surface area contributed by atoms with Crippen molar-refractivity contribution in [1.82, 2.24) is 21.0 Å². The van der Waals surface area contributed by atoms with Gasteiger partial charge in [0.05, 0.1) is 5.01 Å². The predicted molar refractivity (Wildman–Crippen MR) is 58.0 cm³/mol. The van der Waals surface area contributed by atoms with Crippen molar-refractivity contribution in [2.45, 2.75) is 10.1 Å². The molecule has 0 aromatic heterocycles. The topological polar surface area (TPSA) is 158 Å². The van der Waals surface area contributed by atoms with E-state index in [0.717, 1.165) is 0 Å². The molecule has 2 saturated heterocycles. The second-order valence-electron chi connectivity index (χ2n) is 3.04. The number of carbonyl (C=O) groups excluding carboxylic acids is 3. The zero-order valence-corrected chi connectivity index (χ0v) is 9.89. The van der Waals surface area contributed by atoms with Crippen LogP contribution in [0.1, 0.15) is 0 Å². The number of nitrogens with zero attached hydrogens (tertiary/aromatic N) is 2. The van der Waals surface area contributed by atoms with Gasteiger partial charge in [-0.3, -0.25) is 15.4 Å². The number of amides is 5. The molecule has 0 aromatic carbocycles. The molecule has 10 nitrogen and oxygen atoms in total. The molecule has 0 aromatic rings. The lowest BCUT2D eigenvalue weighted by atomic mass is 10.1. The molecule has 0 radical (unpaired) electrons. The van der Waals surface area contributed by atoms with Gasteiger partial charge in [0.15, 0.2) is 0 Å². The summed E-state index contributed by atoms with van der Waals surface area (Å²) in [7, 11) is 0. The van der Waals surface area contributed by atoms with E-state index in [-0.39, 0.29) is 16.0 Å². The highest BCUT2D eigenvalue weighted by molar-refractivity contribution is 6.46. The lowest BCUT2D eigenvalue weighted by Crippen LogP contribution is -2.75. The van der Waals surface area contributed by atoms with Gasteiger partial charge in [-0.1, -0.05) is 23.2 Å². The highest BCUT2D eigenvalue weighted by Gasteiger charge is 2.70. The van der Waals surface area contributed by atoms with Crippen molar-refractivity contribution in [1.29, 1.82) is 0 Å². The van der Waals surface area contributed by atoms with Crippen LogP contribution in [0, 0.1) is 6.57 Å². The number of carbonyl (C=O) groups is 3. The molecule has 0 aliphatic carbocycles. The molecule has 2 aliphatic rings. The van der Waals surface area contributed by atoms with E-state index in [1.54, 1.807) is 0 Å². The van der Waals surface area contributed by atoms with E-state index in [9.17, 15) is 14.4 Å². The lowest BCUT2D eigenvalue weighted by molar-refractivity contribution is -0.132. The largest absolute Gasteiger partial charge is 0.412 e. The Morgan fingerprint density at radius 2 is 1.67 bits per heavy atom. The molecule has 100 valence electrons. The van der Waals surface area contributed by atoms with Gasteiger partial charge in [-0.25, -0.2) is 9.59 Å². The van der Waals surface area contributed by atoms with Crippen LogP contribution in [0.3, 0.4) is 0 Å². The van der Waals surface area contributed by atoms with Gasteiger partial charge in [0.25, 0.3) is 5.00 Å². The molecule has 2 aliphatic heterocycles. The summed E-state index contributed by atoms with van der Waals surface area (Å²) in [6.45, 7) is 6.64. The minimum Gasteiger partial charge on any atom is -0.412 e. The van der Waals surface area contributed by atoms with Gasteiger partial charge in [-0.2, -0.15) is 6.57 Å². The van der Waals surface area contributed by atoms with Crippen LogP contribution in [-0.4, -0.2) is 44.1 Å². The fourth-order valence-corrected chi connectivity index (χ4v) is 1.92. The zero-order chi connectivity index (χ0) is 12.1. The number of hydrogen-bond donors (Lipinski definition) is 3. The maximum atomic E-state index is 11.7. The summed E-state index contributed by atoms with van der Waals surface area (Å²) >= 11 is 11.6. The Hall–Kier alpha value is -1.80. The quantitative estimate of drug-likeness (QED) is 0.265. The van der Waals surface area contributed by atoms with Gasteiger partial charge in [0.2, 0.25) is 5.12 Å². The molecule has 2 heterocycles. The van der Waals surface area contributed by atoms with E-state index in [1.165, 1.54) is 0 Å². The van der Waals surface area contributed by atoms with Crippen LogP contribution in [0.15, 0.2) is 0 Å². The molecule has 2 unspecified atom stereocenters. The third-order valence-electron chi connectivity index (χ3n) is 2.10. The van der Waals surface area contributed by atoms with Crippen molar-refractivity contribution in [2.24, 2.45) is 0 Å². The number of nitrogens with one attached hydrogen (secondary N) is 3. The fourth-order valence-electron chi connectivity index (χ4n) is 1.36. The summed E-state index contributed by atoms with van der Waals surface area (Å²) in [5.41, 5.74) is 0. The predicted octanol–water partition coefficient (Wildman–Crippen LogP) is -2.14. The maximum absolute atomic E-state index is 11.7. The summed E-state index contributed by atoms with van der Waals surface area (Å²) in [6, 6.07) is -1.89. The fraction of sp³-hybridized carbons (Fsp3) is 0.333. The second kappa shape index (κ2) is 4.46. The first kappa shape index (κ1) is 16.2. The van der Waals surface area contributed by atoms with E-state index in [0.29, 0.717) is 0 Å². The minimum atomic E-state index is -2.12. The monoisotopic (exact) mass is 299 g/mol. The number of alkyl halides is 2. The molecule has 2 rings (SSSR count). The number of rotatable bonds is 0. The van der Waals surface area contributed by atoms with Crippen LogP contribution in [0.2, 0.25) is 0 Å². The highest BCUT2D eigenvalue weighted by atomic mass is 35.5. The van der Waals surface area contributed by atoms with Crippen LogP contribution >= 0.6 is 23.2 Å². The molecule has 2 fully saturated rings. The first-order valence-corrected chi connectivity index (χ1v) is 4.62.